The van der Waals surface area contributed by atoms with Crippen LogP contribution in [0.2, 0.25) is 0 Å². The summed E-state index contributed by atoms with van der Waals surface area (Å²) in [5.74, 6) is 2.40. The number of rotatable bonds is 7. The van der Waals surface area contributed by atoms with E-state index in [4.69, 9.17) is 5.10 Å². The van der Waals surface area contributed by atoms with Crippen molar-refractivity contribution in [2.45, 2.75) is 52.7 Å². The topological polar surface area (TPSA) is 29.9 Å². The summed E-state index contributed by atoms with van der Waals surface area (Å²) >= 11 is 2.00. The van der Waals surface area contributed by atoms with E-state index in [0.717, 1.165) is 18.8 Å². The number of hydrogen-bond donors (Lipinski definition) is 1. The largest absolute Gasteiger partial charge is 0.306 e. The highest BCUT2D eigenvalue weighted by Gasteiger charge is 2.13. The number of para-hydroxylation sites is 1. The molecule has 21 heavy (non-hydrogen) atoms. The van der Waals surface area contributed by atoms with Crippen molar-refractivity contribution in [3.63, 3.8) is 0 Å². The van der Waals surface area contributed by atoms with Crippen LogP contribution in [-0.4, -0.2) is 26.8 Å². The number of thioether (sulfide) groups is 1. The summed E-state index contributed by atoms with van der Waals surface area (Å²) in [6, 6.07) is 8.55. The molecular weight excluding hydrogens is 278 g/mol. The fourth-order valence-corrected chi connectivity index (χ4v) is 2.93. The number of fused-ring (bicyclic) bond motifs is 1. The maximum Gasteiger partial charge on any atom is 0.0841 e. The van der Waals surface area contributed by atoms with Gasteiger partial charge in [0.2, 0.25) is 0 Å². The van der Waals surface area contributed by atoms with Crippen LogP contribution < -0.4 is 5.32 Å². The van der Waals surface area contributed by atoms with Crippen LogP contribution in [0.4, 0.5) is 0 Å². The Hall–Kier alpha value is -1.00. The zero-order chi connectivity index (χ0) is 15.3. The lowest BCUT2D eigenvalue weighted by Gasteiger charge is -2.19. The second-order valence-corrected chi connectivity index (χ2v) is 7.73. The molecule has 0 fully saturated rings. The van der Waals surface area contributed by atoms with E-state index in [2.05, 4.69) is 62.0 Å². The number of aromatic nitrogens is 2. The number of aryl methyl sites for hydroxylation is 1. The lowest BCUT2D eigenvalue weighted by Crippen LogP contribution is -2.35. The average molecular weight is 305 g/mol. The number of hydrogen-bond acceptors (Lipinski definition) is 3. The zero-order valence-corrected chi connectivity index (χ0v) is 14.5. The first-order valence-electron chi connectivity index (χ1n) is 7.78. The Balaban J connectivity index is 2.14. The molecule has 0 amide bonds. The van der Waals surface area contributed by atoms with Crippen LogP contribution in [0.15, 0.2) is 24.3 Å². The quantitative estimate of drug-likeness (QED) is 0.782. The number of nitrogens with zero attached hydrogens (tertiary/aromatic N) is 2. The second kappa shape index (κ2) is 7.32. The molecule has 0 unspecified atom stereocenters. The Bertz CT molecular complexity index is 569. The fourth-order valence-electron chi connectivity index (χ4n) is 2.31. The van der Waals surface area contributed by atoms with E-state index in [-0.39, 0.29) is 5.54 Å². The molecule has 2 rings (SSSR count). The second-order valence-electron chi connectivity index (χ2n) is 6.34. The summed E-state index contributed by atoms with van der Waals surface area (Å²) in [6.45, 7) is 10.6. The van der Waals surface area contributed by atoms with E-state index in [1.807, 2.05) is 11.8 Å². The molecule has 0 saturated heterocycles. The summed E-state index contributed by atoms with van der Waals surface area (Å²) in [6.07, 6.45) is 1.18. The molecule has 0 aliphatic rings. The van der Waals surface area contributed by atoms with Gasteiger partial charge in [0.05, 0.1) is 11.2 Å². The predicted molar refractivity (Wildman–Crippen MR) is 93.9 cm³/mol. The highest BCUT2D eigenvalue weighted by Crippen LogP contribution is 2.19. The number of benzene rings is 1. The van der Waals surface area contributed by atoms with Crippen molar-refractivity contribution in [3.05, 3.63) is 30.0 Å². The maximum absolute atomic E-state index is 4.83. The van der Waals surface area contributed by atoms with E-state index in [1.54, 1.807) is 0 Å². The minimum Gasteiger partial charge on any atom is -0.306 e. The Morgan fingerprint density at radius 2 is 2.00 bits per heavy atom. The van der Waals surface area contributed by atoms with Gasteiger partial charge in [-0.05, 0) is 44.8 Å². The molecule has 0 saturated carbocycles. The minimum atomic E-state index is 0.114. The van der Waals surface area contributed by atoms with Gasteiger partial charge in [0.25, 0.3) is 0 Å². The van der Waals surface area contributed by atoms with Gasteiger partial charge in [-0.15, -0.1) is 0 Å². The van der Waals surface area contributed by atoms with Crippen molar-refractivity contribution in [2.75, 3.05) is 11.5 Å². The molecule has 4 heteroatoms. The first-order valence-corrected chi connectivity index (χ1v) is 8.94. The molecule has 0 spiro atoms. The van der Waals surface area contributed by atoms with Gasteiger partial charge in [-0.1, -0.05) is 25.1 Å². The summed E-state index contributed by atoms with van der Waals surface area (Å²) in [5, 5.41) is 9.65. The van der Waals surface area contributed by atoms with Gasteiger partial charge >= 0.3 is 0 Å². The van der Waals surface area contributed by atoms with E-state index in [1.165, 1.54) is 28.8 Å². The molecule has 0 bridgehead atoms. The summed E-state index contributed by atoms with van der Waals surface area (Å²) in [4.78, 5) is 0. The first kappa shape index (κ1) is 16.4. The molecule has 1 N–H and O–H groups in total. The van der Waals surface area contributed by atoms with Gasteiger partial charge < -0.3 is 5.32 Å². The summed E-state index contributed by atoms with van der Waals surface area (Å²) < 4.78 is 2.17. The predicted octanol–water partition coefficient (Wildman–Crippen LogP) is 4.07. The molecule has 1 aromatic carbocycles. The first-order chi connectivity index (χ1) is 10.0. The molecule has 2 aromatic rings. The van der Waals surface area contributed by atoms with Gasteiger partial charge in [0.1, 0.15) is 0 Å². The van der Waals surface area contributed by atoms with Crippen LogP contribution in [-0.2, 0) is 13.1 Å². The summed E-state index contributed by atoms with van der Waals surface area (Å²) in [5.41, 5.74) is 2.52. The average Bonchev–Trinajstić information content (AvgIpc) is 2.79. The molecule has 3 nitrogen and oxygen atoms in total. The smallest absolute Gasteiger partial charge is 0.0841 e. The molecule has 116 valence electrons. The van der Waals surface area contributed by atoms with E-state index in [0.29, 0.717) is 0 Å². The lowest BCUT2D eigenvalue weighted by atomic mass is 10.1. The van der Waals surface area contributed by atoms with Crippen molar-refractivity contribution in [2.24, 2.45) is 0 Å². The highest BCUT2D eigenvalue weighted by atomic mass is 32.2. The third kappa shape index (κ3) is 4.75. The van der Waals surface area contributed by atoms with Gasteiger partial charge in [-0.25, -0.2) is 0 Å². The van der Waals surface area contributed by atoms with Crippen molar-refractivity contribution in [1.29, 1.82) is 0 Å². The third-order valence-corrected chi connectivity index (χ3v) is 4.37. The van der Waals surface area contributed by atoms with Crippen LogP contribution in [0.1, 0.15) is 39.8 Å². The van der Waals surface area contributed by atoms with E-state index in [9.17, 15) is 0 Å². The molecule has 0 aliphatic carbocycles. The van der Waals surface area contributed by atoms with E-state index < -0.39 is 0 Å². The molecule has 0 radical (unpaired) electrons. The Morgan fingerprint density at radius 1 is 1.24 bits per heavy atom. The van der Waals surface area contributed by atoms with Crippen LogP contribution in [0.3, 0.4) is 0 Å². The molecular formula is C17H27N3S. The van der Waals surface area contributed by atoms with Crippen LogP contribution in [0.25, 0.3) is 10.9 Å². The van der Waals surface area contributed by atoms with Crippen molar-refractivity contribution < 1.29 is 0 Å². The SMILES string of the molecule is CCSCCCn1nc(CNC(C)(C)C)c2ccccc21. The Kier molecular flexibility index (Phi) is 5.71. The number of nitrogens with one attached hydrogen (secondary N) is 1. The normalized spacial score (nSPS) is 12.2. The minimum absolute atomic E-state index is 0.114. The zero-order valence-electron chi connectivity index (χ0n) is 13.6. The lowest BCUT2D eigenvalue weighted by molar-refractivity contribution is 0.420. The van der Waals surface area contributed by atoms with Crippen LogP contribution in [0.5, 0.6) is 0 Å². The van der Waals surface area contributed by atoms with Gasteiger partial charge in [0, 0.05) is 24.0 Å². The maximum atomic E-state index is 4.83. The van der Waals surface area contributed by atoms with Crippen molar-refractivity contribution in [3.8, 4) is 0 Å². The Morgan fingerprint density at radius 3 is 2.71 bits per heavy atom. The van der Waals surface area contributed by atoms with Crippen LogP contribution >= 0.6 is 11.8 Å². The van der Waals surface area contributed by atoms with Crippen molar-refractivity contribution in [1.82, 2.24) is 15.1 Å². The fraction of sp³-hybridized carbons (Fsp3) is 0.588. The standard InChI is InChI=1S/C17H27N3S/c1-5-21-12-8-11-20-16-10-7-6-9-14(16)15(19-20)13-18-17(2,3)4/h6-7,9-10,18H,5,8,11-13H2,1-4H3. The molecule has 1 heterocycles. The van der Waals surface area contributed by atoms with Crippen molar-refractivity contribution >= 4 is 22.7 Å². The van der Waals surface area contributed by atoms with Crippen LogP contribution in [0, 0.1) is 0 Å². The highest BCUT2D eigenvalue weighted by molar-refractivity contribution is 7.99. The van der Waals surface area contributed by atoms with Gasteiger partial charge in [-0.2, -0.15) is 16.9 Å². The molecule has 0 atom stereocenters. The van der Waals surface area contributed by atoms with E-state index >= 15 is 0 Å². The molecule has 0 aliphatic heterocycles. The monoisotopic (exact) mass is 305 g/mol. The van der Waals surface area contributed by atoms with Gasteiger partial charge in [-0.3, -0.25) is 4.68 Å². The summed E-state index contributed by atoms with van der Waals surface area (Å²) in [7, 11) is 0. The molecule has 1 aromatic heterocycles. The Labute approximate surface area is 132 Å². The third-order valence-electron chi connectivity index (χ3n) is 3.38. The van der Waals surface area contributed by atoms with Gasteiger partial charge in [0.15, 0.2) is 0 Å².